The Morgan fingerprint density at radius 3 is 2.58 bits per heavy atom. The van der Waals surface area contributed by atoms with Crippen LogP contribution in [0.15, 0.2) is 27.5 Å². The van der Waals surface area contributed by atoms with Crippen LogP contribution in [0.1, 0.15) is 11.4 Å². The first-order chi connectivity index (χ1) is 14.8. The highest BCUT2D eigenvalue weighted by Gasteiger charge is 2.24. The number of aromatic nitrogens is 5. The third-order valence-corrected chi connectivity index (χ3v) is 5.36. The first-order valence-electron chi connectivity index (χ1n) is 9.33. The van der Waals surface area contributed by atoms with Crippen molar-refractivity contribution in [1.29, 1.82) is 10.5 Å². The van der Waals surface area contributed by atoms with Crippen LogP contribution in [-0.2, 0) is 6.54 Å². The predicted molar refractivity (Wildman–Crippen MR) is 118 cm³/mol. The zero-order chi connectivity index (χ0) is 22.3. The minimum absolute atomic E-state index is 0.0812. The van der Waals surface area contributed by atoms with E-state index in [-0.39, 0.29) is 22.8 Å². The SMILES string of the molecule is C[NH+](C)CCn1c(N)c(-c2nc3ccc(Br)cc3c(=O)[nH]2)c2nc(C#N)c(C#N)nc21. The summed E-state index contributed by atoms with van der Waals surface area (Å²) in [6.07, 6.45) is 0. The highest BCUT2D eigenvalue weighted by Crippen LogP contribution is 2.34. The molecule has 0 saturated carbocycles. The molecule has 3 heterocycles. The number of hydrogen-bond donors (Lipinski definition) is 3. The average molecular weight is 479 g/mol. The summed E-state index contributed by atoms with van der Waals surface area (Å²) >= 11 is 3.35. The molecule has 11 heteroatoms. The van der Waals surface area contributed by atoms with Crippen LogP contribution in [0.25, 0.3) is 33.5 Å². The molecule has 3 aromatic heterocycles. The fourth-order valence-corrected chi connectivity index (χ4v) is 3.69. The van der Waals surface area contributed by atoms with Gasteiger partial charge in [0.05, 0.1) is 43.7 Å². The summed E-state index contributed by atoms with van der Waals surface area (Å²) in [5.74, 6) is 0.524. The molecule has 0 unspecified atom stereocenters. The van der Waals surface area contributed by atoms with Gasteiger partial charge in [-0.3, -0.25) is 4.79 Å². The predicted octanol–water partition coefficient (Wildman–Crippen LogP) is 0.567. The van der Waals surface area contributed by atoms with Gasteiger partial charge in [0.2, 0.25) is 0 Å². The molecular weight excluding hydrogens is 462 g/mol. The van der Waals surface area contributed by atoms with Crippen molar-refractivity contribution in [2.24, 2.45) is 0 Å². The van der Waals surface area contributed by atoms with Crippen molar-refractivity contribution in [2.75, 3.05) is 26.4 Å². The standard InChI is InChI=1S/C20H16BrN9O/c1-29(2)5-6-30-17(24)15(16-19(30)27-14(9-23)13(8-22)25-16)18-26-12-4-3-10(21)7-11(12)20(31)28-18/h3-4,7H,5-6,24H2,1-2H3,(H,26,28,31)/p+1. The van der Waals surface area contributed by atoms with E-state index in [1.165, 1.54) is 4.90 Å². The lowest BCUT2D eigenvalue weighted by Crippen LogP contribution is -3.06. The Labute approximate surface area is 184 Å². The van der Waals surface area contributed by atoms with Crippen molar-refractivity contribution in [3.63, 3.8) is 0 Å². The van der Waals surface area contributed by atoms with Gasteiger partial charge in [-0.2, -0.15) is 10.5 Å². The number of nitrogens with one attached hydrogen (secondary N) is 2. The van der Waals surface area contributed by atoms with Crippen LogP contribution in [0.4, 0.5) is 5.82 Å². The summed E-state index contributed by atoms with van der Waals surface area (Å²) in [5, 5.41) is 19.2. The van der Waals surface area contributed by atoms with Crippen molar-refractivity contribution < 1.29 is 4.90 Å². The molecule has 4 aromatic rings. The third-order valence-electron chi connectivity index (χ3n) is 4.87. The van der Waals surface area contributed by atoms with Crippen molar-refractivity contribution in [3.8, 4) is 23.5 Å². The van der Waals surface area contributed by atoms with Crippen molar-refractivity contribution in [3.05, 3.63) is 44.4 Å². The molecular formula is C20H17BrN9O+. The molecule has 4 N–H and O–H groups in total. The van der Waals surface area contributed by atoms with Crippen molar-refractivity contribution in [2.45, 2.75) is 6.54 Å². The largest absolute Gasteiger partial charge is 0.384 e. The Kier molecular flexibility index (Phi) is 5.15. The van der Waals surface area contributed by atoms with Gasteiger partial charge >= 0.3 is 0 Å². The van der Waals surface area contributed by atoms with E-state index in [0.29, 0.717) is 40.0 Å². The zero-order valence-corrected chi connectivity index (χ0v) is 18.3. The average Bonchev–Trinajstić information content (AvgIpc) is 3.01. The molecule has 0 bridgehead atoms. The van der Waals surface area contributed by atoms with E-state index in [1.54, 1.807) is 22.8 Å². The van der Waals surface area contributed by atoms with E-state index >= 15 is 0 Å². The normalized spacial score (nSPS) is 11.2. The Morgan fingerprint density at radius 1 is 1.19 bits per heavy atom. The third kappa shape index (κ3) is 3.50. The van der Waals surface area contributed by atoms with Crippen LogP contribution in [-0.4, -0.2) is 45.1 Å². The molecule has 0 atom stereocenters. The van der Waals surface area contributed by atoms with Gasteiger partial charge in [0, 0.05) is 4.47 Å². The molecule has 31 heavy (non-hydrogen) atoms. The number of nitrogen functional groups attached to an aromatic ring is 1. The lowest BCUT2D eigenvalue weighted by atomic mass is 10.2. The maximum atomic E-state index is 12.7. The number of hydrogen-bond acceptors (Lipinski definition) is 7. The number of likely N-dealkylation sites (N-methyl/N-ethyl adjacent to an activating group) is 1. The first kappa shape index (κ1) is 20.5. The fourth-order valence-electron chi connectivity index (χ4n) is 3.33. The van der Waals surface area contributed by atoms with E-state index in [1.807, 2.05) is 26.2 Å². The summed E-state index contributed by atoms with van der Waals surface area (Å²) in [6, 6.07) is 9.00. The second-order valence-corrected chi connectivity index (χ2v) is 8.18. The monoisotopic (exact) mass is 478 g/mol. The number of aromatic amines is 1. The number of rotatable bonds is 4. The minimum atomic E-state index is -0.332. The molecule has 10 nitrogen and oxygen atoms in total. The van der Waals surface area contributed by atoms with Gasteiger partial charge in [0.25, 0.3) is 5.56 Å². The number of nitrogens with zero attached hydrogens (tertiary/aromatic N) is 6. The summed E-state index contributed by atoms with van der Waals surface area (Å²) < 4.78 is 2.49. The number of fused-ring (bicyclic) bond motifs is 2. The molecule has 0 saturated heterocycles. The molecule has 4 rings (SSSR count). The lowest BCUT2D eigenvalue weighted by molar-refractivity contribution is -0.858. The number of nitriles is 2. The van der Waals surface area contributed by atoms with Crippen LogP contribution in [0.2, 0.25) is 0 Å². The summed E-state index contributed by atoms with van der Waals surface area (Å²) in [4.78, 5) is 29.9. The maximum Gasteiger partial charge on any atom is 0.259 e. The van der Waals surface area contributed by atoms with E-state index in [9.17, 15) is 15.3 Å². The van der Waals surface area contributed by atoms with E-state index in [4.69, 9.17) is 5.73 Å². The molecule has 154 valence electrons. The Bertz CT molecular complexity index is 1490. The van der Waals surface area contributed by atoms with Gasteiger partial charge in [-0.1, -0.05) is 15.9 Å². The number of anilines is 1. The smallest absolute Gasteiger partial charge is 0.259 e. The van der Waals surface area contributed by atoms with Crippen LogP contribution in [0.5, 0.6) is 0 Å². The molecule has 0 aliphatic rings. The summed E-state index contributed by atoms with van der Waals surface area (Å²) in [7, 11) is 4.01. The van der Waals surface area contributed by atoms with Crippen molar-refractivity contribution >= 4 is 43.8 Å². The lowest BCUT2D eigenvalue weighted by Gasteiger charge is -2.10. The Balaban J connectivity index is 2.06. The molecule has 0 aliphatic heterocycles. The van der Waals surface area contributed by atoms with Gasteiger partial charge in [0.1, 0.15) is 29.3 Å². The van der Waals surface area contributed by atoms with Crippen LogP contribution in [0.3, 0.4) is 0 Å². The number of quaternary nitrogens is 1. The summed E-state index contributed by atoms with van der Waals surface area (Å²) in [5.41, 5.74) is 7.48. The molecule has 0 aliphatic carbocycles. The quantitative estimate of drug-likeness (QED) is 0.387. The second kappa shape index (κ2) is 7.80. The topological polar surface area (TPSA) is 154 Å². The number of halogens is 1. The van der Waals surface area contributed by atoms with Gasteiger partial charge in [0.15, 0.2) is 17.0 Å². The van der Waals surface area contributed by atoms with Gasteiger partial charge in [-0.25, -0.2) is 15.0 Å². The highest BCUT2D eigenvalue weighted by molar-refractivity contribution is 9.10. The second-order valence-electron chi connectivity index (χ2n) is 7.26. The zero-order valence-electron chi connectivity index (χ0n) is 16.7. The van der Waals surface area contributed by atoms with Crippen LogP contribution in [0, 0.1) is 22.7 Å². The van der Waals surface area contributed by atoms with Crippen LogP contribution >= 0.6 is 15.9 Å². The first-order valence-corrected chi connectivity index (χ1v) is 10.1. The maximum absolute atomic E-state index is 12.7. The van der Waals surface area contributed by atoms with Gasteiger partial charge in [-0.15, -0.1) is 0 Å². The van der Waals surface area contributed by atoms with E-state index in [0.717, 1.165) is 11.0 Å². The van der Waals surface area contributed by atoms with Gasteiger partial charge in [-0.05, 0) is 18.2 Å². The van der Waals surface area contributed by atoms with Crippen molar-refractivity contribution in [1.82, 2.24) is 24.5 Å². The molecule has 1 aromatic carbocycles. The number of H-pyrrole nitrogens is 1. The molecule has 0 spiro atoms. The van der Waals surface area contributed by atoms with E-state index in [2.05, 4.69) is 35.9 Å². The van der Waals surface area contributed by atoms with Gasteiger partial charge < -0.3 is 20.2 Å². The molecule has 0 amide bonds. The minimum Gasteiger partial charge on any atom is -0.384 e. The molecule has 0 fully saturated rings. The molecule has 0 radical (unpaired) electrons. The Hall–Kier alpha value is -3.80. The number of nitrogens with two attached hydrogens (primary N) is 1. The van der Waals surface area contributed by atoms with Crippen LogP contribution < -0.4 is 16.2 Å². The fraction of sp³-hybridized carbons (Fsp3) is 0.200. The van der Waals surface area contributed by atoms with E-state index < -0.39 is 0 Å². The highest BCUT2D eigenvalue weighted by atomic mass is 79.9. The Morgan fingerprint density at radius 2 is 1.90 bits per heavy atom. The number of benzene rings is 1. The summed E-state index contributed by atoms with van der Waals surface area (Å²) in [6.45, 7) is 1.23.